The molecule has 0 fully saturated rings. The predicted octanol–water partition coefficient (Wildman–Crippen LogP) is 5.31. The number of halogens is 1. The van der Waals surface area contributed by atoms with E-state index in [1.54, 1.807) is 24.3 Å². The lowest BCUT2D eigenvalue weighted by atomic mass is 9.91. The minimum Gasteiger partial charge on any atom is -0.371 e. The van der Waals surface area contributed by atoms with E-state index >= 15 is 0 Å². The molecular formula is C19H17ClN4O3S2. The van der Waals surface area contributed by atoms with Crippen molar-refractivity contribution < 1.29 is 13.0 Å². The van der Waals surface area contributed by atoms with E-state index in [1.165, 1.54) is 11.3 Å². The van der Waals surface area contributed by atoms with Gasteiger partial charge in [-0.15, -0.1) is 10.2 Å². The molecule has 0 atom stereocenters. The topological polar surface area (TPSA) is 95.2 Å². The molecule has 150 valence electrons. The molecule has 0 aliphatic carbocycles. The fourth-order valence-electron chi connectivity index (χ4n) is 4.20. The summed E-state index contributed by atoms with van der Waals surface area (Å²) in [5, 5.41) is 9.40. The van der Waals surface area contributed by atoms with Crippen molar-refractivity contribution in [1.82, 2.24) is 4.98 Å². The Morgan fingerprint density at radius 3 is 2.72 bits per heavy atom. The van der Waals surface area contributed by atoms with Gasteiger partial charge >= 0.3 is 0 Å². The third-order valence-electron chi connectivity index (χ3n) is 5.29. The van der Waals surface area contributed by atoms with Crippen molar-refractivity contribution in [2.24, 2.45) is 10.2 Å². The zero-order valence-electron chi connectivity index (χ0n) is 15.3. The molecule has 0 radical (unpaired) electrons. The van der Waals surface area contributed by atoms with Crippen molar-refractivity contribution >= 4 is 59.8 Å². The third kappa shape index (κ3) is 3.42. The molecule has 2 aliphatic heterocycles. The van der Waals surface area contributed by atoms with E-state index in [1.807, 2.05) is 0 Å². The average molecular weight is 449 g/mol. The first-order valence-corrected chi connectivity index (χ1v) is 11.9. The summed E-state index contributed by atoms with van der Waals surface area (Å²) >= 11 is 7.33. The zero-order valence-corrected chi connectivity index (χ0v) is 17.7. The summed E-state index contributed by atoms with van der Waals surface area (Å²) in [6.07, 6.45) is 3.30. The van der Waals surface area contributed by atoms with Crippen molar-refractivity contribution in [3.8, 4) is 0 Å². The lowest BCUT2D eigenvalue weighted by Crippen LogP contribution is -2.35. The second kappa shape index (κ2) is 7.02. The SMILES string of the molecule is O=S(=O)(O)c1c(N=Nc2nc3ccc(Cl)cc3s2)cc2c3c1CCCN3CCC2. The van der Waals surface area contributed by atoms with Crippen LogP contribution in [-0.2, 0) is 23.0 Å². The fraction of sp³-hybridized carbons (Fsp3) is 0.316. The molecule has 0 bridgehead atoms. The highest BCUT2D eigenvalue weighted by molar-refractivity contribution is 7.86. The number of benzene rings is 2. The number of fused-ring (bicyclic) bond motifs is 1. The number of nitrogens with zero attached hydrogens (tertiary/aromatic N) is 4. The van der Waals surface area contributed by atoms with Crippen molar-refractivity contribution in [3.05, 3.63) is 40.4 Å². The third-order valence-corrected chi connectivity index (χ3v) is 7.40. The molecule has 2 aromatic carbocycles. The Bertz CT molecular complexity index is 1270. The van der Waals surface area contributed by atoms with Crippen LogP contribution in [-0.4, -0.2) is 31.0 Å². The first-order valence-electron chi connectivity index (χ1n) is 9.29. The second-order valence-electron chi connectivity index (χ2n) is 7.19. The summed E-state index contributed by atoms with van der Waals surface area (Å²) in [5.74, 6) is 0. The first-order chi connectivity index (χ1) is 13.9. The standard InChI is InChI=1S/C19H17ClN4O3S2/c20-12-5-6-14-16(10-12)28-19(21-14)23-22-15-9-11-3-1-7-24-8-2-4-13(17(11)24)18(15)29(25,26)27/h5-6,9-10H,1-4,7-8H2,(H,25,26,27). The Kier molecular flexibility index (Phi) is 4.58. The van der Waals surface area contributed by atoms with Crippen LogP contribution in [0.3, 0.4) is 0 Å². The quantitative estimate of drug-likeness (QED) is 0.432. The van der Waals surface area contributed by atoms with Crippen LogP contribution in [0.2, 0.25) is 5.02 Å². The summed E-state index contributed by atoms with van der Waals surface area (Å²) in [5.41, 5.74) is 3.58. The maximum absolute atomic E-state index is 12.2. The van der Waals surface area contributed by atoms with Crippen LogP contribution in [0.4, 0.5) is 16.5 Å². The zero-order chi connectivity index (χ0) is 20.2. The summed E-state index contributed by atoms with van der Waals surface area (Å²) in [7, 11) is -4.45. The number of thiazole rings is 1. The van der Waals surface area contributed by atoms with Gasteiger partial charge in [0, 0.05) is 23.8 Å². The number of hydrogen-bond donors (Lipinski definition) is 1. The molecule has 0 saturated heterocycles. The van der Waals surface area contributed by atoms with Crippen LogP contribution in [0.15, 0.2) is 39.4 Å². The van der Waals surface area contributed by atoms with E-state index in [0.29, 0.717) is 22.1 Å². The van der Waals surface area contributed by atoms with Crippen molar-refractivity contribution in [3.63, 3.8) is 0 Å². The Hall–Kier alpha value is -2.07. The van der Waals surface area contributed by atoms with Crippen molar-refractivity contribution in [2.75, 3.05) is 18.0 Å². The van der Waals surface area contributed by atoms with Crippen LogP contribution in [0.1, 0.15) is 24.0 Å². The number of azo groups is 1. The number of aryl methyl sites for hydroxylation is 1. The summed E-state index contributed by atoms with van der Waals surface area (Å²) in [4.78, 5) is 6.48. The number of rotatable bonds is 3. The molecule has 0 unspecified atom stereocenters. The van der Waals surface area contributed by atoms with Gasteiger partial charge in [-0.3, -0.25) is 4.55 Å². The molecule has 10 heteroatoms. The monoisotopic (exact) mass is 448 g/mol. The maximum Gasteiger partial charge on any atom is 0.297 e. The van der Waals surface area contributed by atoms with Gasteiger partial charge in [0.1, 0.15) is 10.6 Å². The van der Waals surface area contributed by atoms with Gasteiger partial charge in [-0.05, 0) is 61.1 Å². The van der Waals surface area contributed by atoms with E-state index in [0.717, 1.165) is 53.8 Å². The van der Waals surface area contributed by atoms with Crippen LogP contribution < -0.4 is 4.90 Å². The van der Waals surface area contributed by atoms with Crippen LogP contribution in [0.5, 0.6) is 0 Å². The molecule has 0 spiro atoms. The lowest BCUT2D eigenvalue weighted by molar-refractivity contribution is 0.481. The Balaban J connectivity index is 1.65. The van der Waals surface area contributed by atoms with Gasteiger partial charge in [0.25, 0.3) is 10.1 Å². The van der Waals surface area contributed by atoms with E-state index < -0.39 is 10.1 Å². The number of anilines is 1. The predicted molar refractivity (Wildman–Crippen MR) is 114 cm³/mol. The summed E-state index contributed by atoms with van der Waals surface area (Å²) in [6.45, 7) is 1.81. The van der Waals surface area contributed by atoms with Gasteiger partial charge in [0.2, 0.25) is 5.13 Å². The average Bonchev–Trinajstić information content (AvgIpc) is 3.07. The largest absolute Gasteiger partial charge is 0.371 e. The molecule has 2 aliphatic rings. The molecule has 1 aromatic heterocycles. The molecule has 0 amide bonds. The molecular weight excluding hydrogens is 432 g/mol. The van der Waals surface area contributed by atoms with E-state index in [2.05, 4.69) is 20.1 Å². The van der Waals surface area contributed by atoms with Gasteiger partial charge in [-0.2, -0.15) is 8.42 Å². The van der Waals surface area contributed by atoms with Crippen molar-refractivity contribution in [2.45, 2.75) is 30.6 Å². The first kappa shape index (κ1) is 18.9. The molecule has 1 N–H and O–H groups in total. The van der Waals surface area contributed by atoms with Gasteiger partial charge < -0.3 is 4.90 Å². The fourth-order valence-corrected chi connectivity index (χ4v) is 6.14. The summed E-state index contributed by atoms with van der Waals surface area (Å²) < 4.78 is 35.3. The van der Waals surface area contributed by atoms with Crippen LogP contribution >= 0.6 is 22.9 Å². The lowest BCUT2D eigenvalue weighted by Gasteiger charge is -2.37. The number of hydrogen-bond acceptors (Lipinski definition) is 7. The highest BCUT2D eigenvalue weighted by Crippen LogP contribution is 2.44. The highest BCUT2D eigenvalue weighted by Gasteiger charge is 2.32. The van der Waals surface area contributed by atoms with E-state index in [9.17, 15) is 13.0 Å². The number of aromatic nitrogens is 1. The Morgan fingerprint density at radius 2 is 1.93 bits per heavy atom. The highest BCUT2D eigenvalue weighted by atomic mass is 35.5. The Labute approximate surface area is 176 Å². The smallest absolute Gasteiger partial charge is 0.297 e. The van der Waals surface area contributed by atoms with E-state index in [-0.39, 0.29) is 10.6 Å². The maximum atomic E-state index is 12.2. The van der Waals surface area contributed by atoms with Gasteiger partial charge in [0.05, 0.1) is 10.2 Å². The minimum absolute atomic E-state index is 0.129. The molecule has 3 aromatic rings. The molecule has 29 heavy (non-hydrogen) atoms. The van der Waals surface area contributed by atoms with Gasteiger partial charge in [-0.1, -0.05) is 22.9 Å². The Morgan fingerprint density at radius 1 is 1.14 bits per heavy atom. The van der Waals surface area contributed by atoms with Gasteiger partial charge in [-0.25, -0.2) is 4.98 Å². The molecule has 5 rings (SSSR count). The van der Waals surface area contributed by atoms with Crippen LogP contribution in [0, 0.1) is 0 Å². The van der Waals surface area contributed by atoms with Gasteiger partial charge in [0.15, 0.2) is 0 Å². The molecule has 3 heterocycles. The molecule has 0 saturated carbocycles. The summed E-state index contributed by atoms with van der Waals surface area (Å²) in [6, 6.07) is 7.09. The normalized spacial score (nSPS) is 16.6. The minimum atomic E-state index is -4.45. The molecule has 7 nitrogen and oxygen atoms in total. The van der Waals surface area contributed by atoms with Crippen LogP contribution in [0.25, 0.3) is 10.2 Å². The van der Waals surface area contributed by atoms with Crippen molar-refractivity contribution in [1.29, 1.82) is 0 Å². The second-order valence-corrected chi connectivity index (χ2v) is 9.99. The van der Waals surface area contributed by atoms with E-state index in [4.69, 9.17) is 11.6 Å².